The van der Waals surface area contributed by atoms with E-state index in [-0.39, 0.29) is 24.5 Å². The highest BCUT2D eigenvalue weighted by Gasteiger charge is 2.36. The molecule has 0 saturated carbocycles. The quantitative estimate of drug-likeness (QED) is 0.370. The number of carbonyl (C=O) groups is 3. The van der Waals surface area contributed by atoms with Crippen LogP contribution in [-0.4, -0.2) is 36.0 Å². The summed E-state index contributed by atoms with van der Waals surface area (Å²) >= 11 is 0. The number of fused-ring (bicyclic) bond motifs is 1. The van der Waals surface area contributed by atoms with E-state index < -0.39 is 12.0 Å². The number of esters is 1. The van der Waals surface area contributed by atoms with E-state index in [9.17, 15) is 14.4 Å². The fraction of sp³-hybridized carbons (Fsp3) is 0.300. The number of hydrogen-bond donors (Lipinski definition) is 2. The van der Waals surface area contributed by atoms with Gasteiger partial charge in [-0.1, -0.05) is 69.3 Å². The van der Waals surface area contributed by atoms with Crippen molar-refractivity contribution < 1.29 is 19.1 Å². The largest absolute Gasteiger partial charge is 0.462 e. The van der Waals surface area contributed by atoms with Crippen LogP contribution >= 0.6 is 0 Å². The lowest BCUT2D eigenvalue weighted by Gasteiger charge is -2.35. The molecule has 0 aromatic heterocycles. The summed E-state index contributed by atoms with van der Waals surface area (Å²) in [4.78, 5) is 40.9. The van der Waals surface area contributed by atoms with E-state index >= 15 is 0 Å². The Morgan fingerprint density at radius 2 is 1.78 bits per heavy atom. The van der Waals surface area contributed by atoms with Crippen molar-refractivity contribution in [1.82, 2.24) is 10.2 Å². The van der Waals surface area contributed by atoms with Gasteiger partial charge in [0.05, 0.1) is 18.2 Å². The predicted octanol–water partition coefficient (Wildman–Crippen LogP) is 6.04. The first kappa shape index (κ1) is 25.9. The van der Waals surface area contributed by atoms with Gasteiger partial charge in [-0.05, 0) is 53.8 Å². The zero-order valence-electron chi connectivity index (χ0n) is 21.7. The van der Waals surface area contributed by atoms with E-state index in [1.165, 1.54) is 0 Å². The van der Waals surface area contributed by atoms with Crippen molar-refractivity contribution in [2.24, 2.45) is 5.92 Å². The van der Waals surface area contributed by atoms with E-state index in [0.717, 1.165) is 17.2 Å². The molecule has 7 nitrogen and oxygen atoms in total. The first-order chi connectivity index (χ1) is 17.8. The summed E-state index contributed by atoms with van der Waals surface area (Å²) in [6.45, 7) is 8.48. The van der Waals surface area contributed by atoms with E-state index in [1.807, 2.05) is 63.2 Å². The van der Waals surface area contributed by atoms with Crippen LogP contribution in [0.2, 0.25) is 0 Å². The number of anilines is 1. The SMILES string of the molecule is CCCN1C(=O)N[C@@H](c2cccc(NC(=O)c3cccc4ccccc34)c2)C(C(=O)OCC(C)C)=C1C. The Hall–Kier alpha value is -4.13. The maximum atomic E-state index is 13.2. The van der Waals surface area contributed by atoms with Crippen LogP contribution in [0.15, 0.2) is 78.0 Å². The lowest BCUT2D eigenvalue weighted by Crippen LogP contribution is -2.48. The molecule has 3 aromatic carbocycles. The first-order valence-electron chi connectivity index (χ1n) is 12.6. The number of nitrogens with zero attached hydrogens (tertiary/aromatic N) is 1. The van der Waals surface area contributed by atoms with Gasteiger partial charge in [-0.3, -0.25) is 9.69 Å². The highest BCUT2D eigenvalue weighted by molar-refractivity contribution is 6.13. The van der Waals surface area contributed by atoms with Gasteiger partial charge in [0.1, 0.15) is 0 Å². The van der Waals surface area contributed by atoms with Crippen LogP contribution < -0.4 is 10.6 Å². The Kier molecular flexibility index (Phi) is 7.92. The van der Waals surface area contributed by atoms with Crippen molar-refractivity contribution in [2.75, 3.05) is 18.5 Å². The number of rotatable bonds is 8. The molecule has 1 aliphatic heterocycles. The fourth-order valence-electron chi connectivity index (χ4n) is 4.53. The molecule has 1 aliphatic rings. The van der Waals surface area contributed by atoms with Crippen molar-refractivity contribution >= 4 is 34.4 Å². The van der Waals surface area contributed by atoms with Crippen molar-refractivity contribution in [1.29, 1.82) is 0 Å². The highest BCUT2D eigenvalue weighted by Crippen LogP contribution is 2.33. The molecular formula is C30H33N3O4. The molecule has 7 heteroatoms. The third kappa shape index (κ3) is 5.66. The normalized spacial score (nSPS) is 15.6. The molecule has 3 amide bonds. The van der Waals surface area contributed by atoms with Crippen molar-refractivity contribution in [3.05, 3.63) is 89.1 Å². The Balaban J connectivity index is 1.66. The Morgan fingerprint density at radius 3 is 2.54 bits per heavy atom. The van der Waals surface area contributed by atoms with Crippen LogP contribution in [0.3, 0.4) is 0 Å². The molecule has 0 aliphatic carbocycles. The fourth-order valence-corrected chi connectivity index (χ4v) is 4.53. The molecule has 0 fully saturated rings. The average Bonchev–Trinajstić information content (AvgIpc) is 2.89. The lowest BCUT2D eigenvalue weighted by atomic mass is 9.94. The lowest BCUT2D eigenvalue weighted by molar-refractivity contribution is -0.140. The molecule has 1 heterocycles. The molecule has 37 heavy (non-hydrogen) atoms. The molecule has 0 saturated heterocycles. The van der Waals surface area contributed by atoms with Gasteiger partial charge in [-0.25, -0.2) is 9.59 Å². The molecule has 4 rings (SSSR count). The number of allylic oxidation sites excluding steroid dienone is 1. The van der Waals surface area contributed by atoms with Gasteiger partial charge in [0.2, 0.25) is 0 Å². The van der Waals surface area contributed by atoms with Crippen LogP contribution in [0.4, 0.5) is 10.5 Å². The van der Waals surface area contributed by atoms with Gasteiger partial charge in [0.25, 0.3) is 5.91 Å². The molecular weight excluding hydrogens is 466 g/mol. The van der Waals surface area contributed by atoms with Crippen molar-refractivity contribution in [2.45, 2.75) is 40.2 Å². The maximum absolute atomic E-state index is 13.2. The van der Waals surface area contributed by atoms with Crippen LogP contribution in [0, 0.1) is 5.92 Å². The van der Waals surface area contributed by atoms with Crippen molar-refractivity contribution in [3.63, 3.8) is 0 Å². The Morgan fingerprint density at radius 1 is 1.05 bits per heavy atom. The molecule has 192 valence electrons. The number of amides is 3. The standard InChI is InChI=1S/C30H33N3O4/c1-5-16-33-20(4)26(29(35)37-18-19(2)3)27(32-30(33)36)22-12-8-13-23(17-22)31-28(34)25-15-9-11-21-10-6-7-14-24(21)25/h6-15,17,19,27H,5,16,18H2,1-4H3,(H,31,34)(H,32,36)/t27-/m0/s1. The second-order valence-corrected chi connectivity index (χ2v) is 9.63. The van der Waals surface area contributed by atoms with Crippen LogP contribution in [0.1, 0.15) is 56.1 Å². The van der Waals surface area contributed by atoms with Gasteiger partial charge in [0.15, 0.2) is 0 Å². The summed E-state index contributed by atoms with van der Waals surface area (Å²) in [6.07, 6.45) is 0.749. The third-order valence-electron chi connectivity index (χ3n) is 6.32. The molecule has 1 atom stereocenters. The van der Waals surface area contributed by atoms with Gasteiger partial charge in [0, 0.05) is 23.5 Å². The molecule has 0 bridgehead atoms. The number of urea groups is 1. The maximum Gasteiger partial charge on any atom is 0.338 e. The van der Waals surface area contributed by atoms with Gasteiger partial charge < -0.3 is 15.4 Å². The minimum atomic E-state index is -0.699. The minimum absolute atomic E-state index is 0.181. The predicted molar refractivity (Wildman–Crippen MR) is 145 cm³/mol. The Labute approximate surface area is 217 Å². The highest BCUT2D eigenvalue weighted by atomic mass is 16.5. The second kappa shape index (κ2) is 11.3. The van der Waals surface area contributed by atoms with Gasteiger partial charge in [-0.2, -0.15) is 0 Å². The summed E-state index contributed by atoms with van der Waals surface area (Å²) in [7, 11) is 0. The summed E-state index contributed by atoms with van der Waals surface area (Å²) in [5, 5.41) is 7.79. The van der Waals surface area contributed by atoms with Crippen LogP contribution in [-0.2, 0) is 9.53 Å². The van der Waals surface area contributed by atoms with E-state index in [2.05, 4.69) is 10.6 Å². The first-order valence-corrected chi connectivity index (χ1v) is 12.6. The third-order valence-corrected chi connectivity index (χ3v) is 6.32. The number of nitrogens with one attached hydrogen (secondary N) is 2. The summed E-state index contributed by atoms with van der Waals surface area (Å²) in [6, 6.07) is 19.6. The molecule has 0 radical (unpaired) electrons. The zero-order chi connectivity index (χ0) is 26.5. The Bertz CT molecular complexity index is 1360. The molecule has 2 N–H and O–H groups in total. The number of benzene rings is 3. The average molecular weight is 500 g/mol. The van der Waals surface area contributed by atoms with E-state index in [0.29, 0.717) is 34.6 Å². The number of carbonyl (C=O) groups excluding carboxylic acids is 3. The minimum Gasteiger partial charge on any atom is -0.462 e. The summed E-state index contributed by atoms with van der Waals surface area (Å²) < 4.78 is 5.58. The van der Waals surface area contributed by atoms with Gasteiger partial charge >= 0.3 is 12.0 Å². The van der Waals surface area contributed by atoms with Crippen LogP contribution in [0.5, 0.6) is 0 Å². The second-order valence-electron chi connectivity index (χ2n) is 9.63. The monoisotopic (exact) mass is 499 g/mol. The number of ether oxygens (including phenoxy) is 1. The topological polar surface area (TPSA) is 87.7 Å². The molecule has 3 aromatic rings. The van der Waals surface area contributed by atoms with E-state index in [4.69, 9.17) is 4.74 Å². The van der Waals surface area contributed by atoms with Gasteiger partial charge in [-0.15, -0.1) is 0 Å². The van der Waals surface area contributed by atoms with E-state index in [1.54, 1.807) is 36.1 Å². The van der Waals surface area contributed by atoms with Crippen LogP contribution in [0.25, 0.3) is 10.8 Å². The molecule has 0 spiro atoms. The molecule has 0 unspecified atom stereocenters. The smallest absolute Gasteiger partial charge is 0.338 e. The zero-order valence-corrected chi connectivity index (χ0v) is 21.7. The summed E-state index contributed by atoms with van der Waals surface area (Å²) in [5.74, 6) is -0.512. The number of hydrogen-bond acceptors (Lipinski definition) is 4. The van der Waals surface area contributed by atoms with Crippen molar-refractivity contribution in [3.8, 4) is 0 Å². The summed E-state index contributed by atoms with van der Waals surface area (Å²) in [5.41, 5.74) is 2.78.